The van der Waals surface area contributed by atoms with E-state index in [1.54, 1.807) is 11.3 Å². The molecule has 0 unspecified atom stereocenters. The number of thiazole rings is 1. The maximum Gasteiger partial charge on any atom is 0.310 e. The van der Waals surface area contributed by atoms with Crippen LogP contribution in [0.25, 0.3) is 10.2 Å². The highest BCUT2D eigenvalue weighted by atomic mass is 32.1. The van der Waals surface area contributed by atoms with E-state index in [0.29, 0.717) is 0 Å². The van der Waals surface area contributed by atoms with Gasteiger partial charge in [-0.3, -0.25) is 14.4 Å². The van der Waals surface area contributed by atoms with E-state index in [1.807, 2.05) is 24.3 Å². The Bertz CT molecular complexity index is 802. The number of hydrogen-bond acceptors (Lipinski definition) is 6. The molecule has 1 aromatic carbocycles. The van der Waals surface area contributed by atoms with Crippen LogP contribution >= 0.6 is 11.3 Å². The summed E-state index contributed by atoms with van der Waals surface area (Å²) in [6.45, 7) is -0.510. The van der Waals surface area contributed by atoms with Gasteiger partial charge in [-0.05, 0) is 25.0 Å². The summed E-state index contributed by atoms with van der Waals surface area (Å²) in [5.74, 6) is -1.42. The van der Waals surface area contributed by atoms with Crippen LogP contribution in [0, 0.1) is 5.92 Å². The first kappa shape index (κ1) is 19.3. The monoisotopic (exact) mass is 389 g/mol. The summed E-state index contributed by atoms with van der Waals surface area (Å²) in [4.78, 5) is 40.2. The molecule has 1 heterocycles. The van der Waals surface area contributed by atoms with Crippen molar-refractivity contribution in [2.45, 2.75) is 31.6 Å². The number of hydrogen-bond donors (Lipinski definition) is 2. The van der Waals surface area contributed by atoms with Crippen LogP contribution < -0.4 is 10.6 Å². The summed E-state index contributed by atoms with van der Waals surface area (Å²) in [5.41, 5.74) is 0.948. The van der Waals surface area contributed by atoms with Crippen molar-refractivity contribution in [3.05, 3.63) is 29.3 Å². The van der Waals surface area contributed by atoms with Crippen LogP contribution in [-0.2, 0) is 19.1 Å². The van der Waals surface area contributed by atoms with E-state index in [0.717, 1.165) is 40.9 Å². The number of esters is 1. The average Bonchev–Trinajstić information content (AvgIpc) is 3.14. The number of aromatic nitrogens is 1. The van der Waals surface area contributed by atoms with Gasteiger partial charge in [-0.2, -0.15) is 0 Å². The van der Waals surface area contributed by atoms with Crippen molar-refractivity contribution in [2.24, 2.45) is 5.92 Å². The van der Waals surface area contributed by atoms with Crippen LogP contribution in [0.5, 0.6) is 0 Å². The molecule has 0 spiro atoms. The number of ether oxygens (including phenoxy) is 1. The van der Waals surface area contributed by atoms with E-state index in [1.165, 1.54) is 7.05 Å². The molecule has 0 saturated heterocycles. The van der Waals surface area contributed by atoms with E-state index in [4.69, 9.17) is 9.72 Å². The van der Waals surface area contributed by atoms with Gasteiger partial charge in [0.2, 0.25) is 5.91 Å². The Kier molecular flexibility index (Phi) is 6.39. The van der Waals surface area contributed by atoms with Crippen molar-refractivity contribution < 1.29 is 19.1 Å². The van der Waals surface area contributed by atoms with E-state index >= 15 is 0 Å². The number of fused-ring (bicyclic) bond motifs is 1. The molecule has 2 N–H and O–H groups in total. The van der Waals surface area contributed by atoms with Crippen LogP contribution in [0.15, 0.2) is 24.3 Å². The fourth-order valence-corrected chi connectivity index (χ4v) is 4.49. The number of amides is 2. The largest absolute Gasteiger partial charge is 0.455 e. The molecule has 1 aromatic heterocycles. The third kappa shape index (κ3) is 4.82. The smallest absolute Gasteiger partial charge is 0.310 e. The van der Waals surface area contributed by atoms with Crippen LogP contribution in [0.3, 0.4) is 0 Å². The van der Waals surface area contributed by atoms with Gasteiger partial charge in [-0.15, -0.1) is 11.3 Å². The number of para-hydroxylation sites is 1. The second-order valence-electron chi connectivity index (χ2n) is 6.57. The summed E-state index contributed by atoms with van der Waals surface area (Å²) < 4.78 is 6.34. The maximum absolute atomic E-state index is 12.6. The Balaban J connectivity index is 1.61. The first-order chi connectivity index (χ1) is 13.1. The molecule has 1 aliphatic carbocycles. The molecule has 2 aromatic rings. The van der Waals surface area contributed by atoms with Crippen LogP contribution in [0.4, 0.5) is 0 Å². The zero-order valence-electron chi connectivity index (χ0n) is 15.2. The van der Waals surface area contributed by atoms with Crippen molar-refractivity contribution in [3.8, 4) is 0 Å². The third-order valence-electron chi connectivity index (χ3n) is 4.77. The Hall–Kier alpha value is -2.48. The van der Waals surface area contributed by atoms with Crippen molar-refractivity contribution in [1.82, 2.24) is 15.6 Å². The molecule has 2 amide bonds. The summed E-state index contributed by atoms with van der Waals surface area (Å²) in [6.07, 6.45) is 3.64. The zero-order valence-corrected chi connectivity index (χ0v) is 16.0. The minimum absolute atomic E-state index is 0.0255. The highest BCUT2D eigenvalue weighted by Crippen LogP contribution is 2.41. The number of carbonyl (C=O) groups is 3. The molecule has 1 fully saturated rings. The highest BCUT2D eigenvalue weighted by molar-refractivity contribution is 7.18. The molecule has 7 nitrogen and oxygen atoms in total. The van der Waals surface area contributed by atoms with Gasteiger partial charge >= 0.3 is 5.97 Å². The average molecular weight is 389 g/mol. The highest BCUT2D eigenvalue weighted by Gasteiger charge is 2.35. The first-order valence-corrected chi connectivity index (χ1v) is 9.89. The van der Waals surface area contributed by atoms with Gasteiger partial charge in [-0.25, -0.2) is 4.98 Å². The molecular formula is C19H23N3O4S. The molecule has 0 aliphatic heterocycles. The van der Waals surface area contributed by atoms with Gasteiger partial charge in [0.05, 0.1) is 27.7 Å². The number of nitrogens with one attached hydrogen (secondary N) is 2. The normalized spacial score (nSPS) is 19.4. The van der Waals surface area contributed by atoms with Gasteiger partial charge in [0.1, 0.15) is 0 Å². The van der Waals surface area contributed by atoms with E-state index in [-0.39, 0.29) is 36.9 Å². The Morgan fingerprint density at radius 2 is 1.96 bits per heavy atom. The van der Waals surface area contributed by atoms with Crippen molar-refractivity contribution in [2.75, 3.05) is 20.2 Å². The Morgan fingerprint density at radius 1 is 1.19 bits per heavy atom. The summed E-state index contributed by atoms with van der Waals surface area (Å²) in [6, 6.07) is 7.94. The van der Waals surface area contributed by atoms with Gasteiger partial charge in [-0.1, -0.05) is 25.0 Å². The number of rotatable bonds is 6. The minimum atomic E-state index is -0.487. The Labute approximate surface area is 161 Å². The predicted molar refractivity (Wildman–Crippen MR) is 102 cm³/mol. The van der Waals surface area contributed by atoms with Crippen LogP contribution in [0.2, 0.25) is 0 Å². The lowest BCUT2D eigenvalue weighted by Crippen LogP contribution is -2.38. The van der Waals surface area contributed by atoms with Gasteiger partial charge in [0.25, 0.3) is 5.91 Å². The lowest BCUT2D eigenvalue weighted by Gasteiger charge is -2.28. The Morgan fingerprint density at radius 3 is 2.74 bits per heavy atom. The lowest BCUT2D eigenvalue weighted by atomic mass is 9.79. The summed E-state index contributed by atoms with van der Waals surface area (Å²) in [5, 5.41) is 5.78. The predicted octanol–water partition coefficient (Wildman–Crippen LogP) is 1.98. The summed E-state index contributed by atoms with van der Waals surface area (Å²) in [7, 11) is 1.49. The molecule has 3 rings (SSSR count). The zero-order chi connectivity index (χ0) is 19.2. The molecular weight excluding hydrogens is 366 g/mol. The van der Waals surface area contributed by atoms with Gasteiger partial charge in [0.15, 0.2) is 6.61 Å². The molecule has 1 aliphatic rings. The van der Waals surface area contributed by atoms with Gasteiger partial charge < -0.3 is 15.4 Å². The van der Waals surface area contributed by atoms with Crippen molar-refractivity contribution >= 4 is 39.3 Å². The first-order valence-electron chi connectivity index (χ1n) is 9.08. The molecule has 2 atom stereocenters. The van der Waals surface area contributed by atoms with Crippen LogP contribution in [0.1, 0.15) is 36.6 Å². The second-order valence-corrected chi connectivity index (χ2v) is 7.64. The standard InChI is InChI=1S/C19H23N3O4S/c1-20-16(23)10-21-17(24)11-26-19(25)13-7-3-2-6-12(13)18-22-14-8-4-5-9-15(14)27-18/h4-5,8-9,12-13H,2-3,6-7,10-11H2,1H3,(H,20,23)(H,21,24)/t12-,13-/m1/s1. The quantitative estimate of drug-likeness (QED) is 0.736. The van der Waals surface area contributed by atoms with Crippen LogP contribution in [-0.4, -0.2) is 43.0 Å². The summed E-state index contributed by atoms with van der Waals surface area (Å²) >= 11 is 1.62. The maximum atomic E-state index is 12.6. The van der Waals surface area contributed by atoms with Crippen molar-refractivity contribution in [1.29, 1.82) is 0 Å². The lowest BCUT2D eigenvalue weighted by molar-refractivity contribution is -0.154. The SMILES string of the molecule is CNC(=O)CNC(=O)COC(=O)[C@@H]1CCCC[C@H]1c1nc2ccccc2s1. The van der Waals surface area contributed by atoms with E-state index in [9.17, 15) is 14.4 Å². The van der Waals surface area contributed by atoms with E-state index in [2.05, 4.69) is 10.6 Å². The fraction of sp³-hybridized carbons (Fsp3) is 0.474. The fourth-order valence-electron chi connectivity index (χ4n) is 3.32. The number of carbonyl (C=O) groups excluding carboxylic acids is 3. The van der Waals surface area contributed by atoms with Crippen molar-refractivity contribution in [3.63, 3.8) is 0 Å². The van der Waals surface area contributed by atoms with E-state index < -0.39 is 5.91 Å². The molecule has 8 heteroatoms. The molecule has 144 valence electrons. The molecule has 27 heavy (non-hydrogen) atoms. The second kappa shape index (κ2) is 8.94. The topological polar surface area (TPSA) is 97.4 Å². The third-order valence-corrected chi connectivity index (χ3v) is 5.94. The number of likely N-dealkylation sites (N-methyl/N-ethyl adjacent to an activating group) is 1. The number of benzene rings is 1. The number of nitrogens with zero attached hydrogens (tertiary/aromatic N) is 1. The molecule has 0 radical (unpaired) electrons. The molecule has 1 saturated carbocycles. The molecule has 0 bridgehead atoms. The minimum Gasteiger partial charge on any atom is -0.455 e. The van der Waals surface area contributed by atoms with Gasteiger partial charge in [0, 0.05) is 13.0 Å².